The summed E-state index contributed by atoms with van der Waals surface area (Å²) in [5.41, 5.74) is 1.75. The summed E-state index contributed by atoms with van der Waals surface area (Å²) >= 11 is 0. The second-order valence-corrected chi connectivity index (χ2v) is 5.03. The third-order valence-corrected chi connectivity index (χ3v) is 4.06. The lowest BCUT2D eigenvalue weighted by atomic mass is 9.78. The molecular formula is C14H18O3. The van der Waals surface area contributed by atoms with Crippen LogP contribution in [0.4, 0.5) is 0 Å². The molecule has 1 aromatic rings. The Balaban J connectivity index is 2.55. The average Bonchev–Trinajstić information content (AvgIpc) is 2.75. The lowest BCUT2D eigenvalue weighted by Gasteiger charge is -2.25. The molecule has 1 fully saturated rings. The fourth-order valence-corrected chi connectivity index (χ4v) is 2.72. The van der Waals surface area contributed by atoms with Crippen LogP contribution in [0.15, 0.2) is 12.1 Å². The van der Waals surface area contributed by atoms with Gasteiger partial charge in [-0.2, -0.15) is 0 Å². The molecule has 2 rings (SSSR count). The Kier molecular flexibility index (Phi) is 2.86. The van der Waals surface area contributed by atoms with E-state index in [1.165, 1.54) is 0 Å². The molecule has 1 aromatic carbocycles. The van der Waals surface area contributed by atoms with Crippen molar-refractivity contribution in [2.75, 3.05) is 0 Å². The quantitative estimate of drug-likeness (QED) is 0.827. The van der Waals surface area contributed by atoms with Gasteiger partial charge in [0.25, 0.3) is 0 Å². The van der Waals surface area contributed by atoms with E-state index in [1.54, 1.807) is 6.07 Å². The molecule has 0 spiro atoms. The van der Waals surface area contributed by atoms with Crippen LogP contribution in [0.1, 0.15) is 42.4 Å². The number of phenols is 1. The van der Waals surface area contributed by atoms with Crippen molar-refractivity contribution in [1.82, 2.24) is 0 Å². The minimum atomic E-state index is -0.782. The van der Waals surface area contributed by atoms with Gasteiger partial charge in [-0.3, -0.25) is 4.79 Å². The van der Waals surface area contributed by atoms with Crippen LogP contribution in [0.3, 0.4) is 0 Å². The van der Waals surface area contributed by atoms with Crippen molar-refractivity contribution in [3.8, 4) is 5.75 Å². The first-order valence-corrected chi connectivity index (χ1v) is 6.01. The summed E-state index contributed by atoms with van der Waals surface area (Å²) in [5.74, 6) is -0.565. The highest BCUT2D eigenvalue weighted by Crippen LogP contribution is 2.43. The number of benzene rings is 1. The van der Waals surface area contributed by atoms with Gasteiger partial charge in [-0.1, -0.05) is 18.9 Å². The monoisotopic (exact) mass is 234 g/mol. The largest absolute Gasteiger partial charge is 0.508 e. The lowest BCUT2D eigenvalue weighted by Crippen LogP contribution is -2.32. The van der Waals surface area contributed by atoms with Crippen LogP contribution in [0.25, 0.3) is 0 Å². The fraction of sp³-hybridized carbons (Fsp3) is 0.500. The number of aliphatic carboxylic acids is 1. The van der Waals surface area contributed by atoms with E-state index in [0.29, 0.717) is 12.8 Å². The van der Waals surface area contributed by atoms with E-state index in [-0.39, 0.29) is 5.75 Å². The zero-order chi connectivity index (χ0) is 12.6. The van der Waals surface area contributed by atoms with E-state index in [2.05, 4.69) is 0 Å². The Bertz CT molecular complexity index is 434. The summed E-state index contributed by atoms with van der Waals surface area (Å²) < 4.78 is 0. The molecule has 0 radical (unpaired) electrons. The molecule has 1 aliphatic carbocycles. The Morgan fingerprint density at radius 1 is 1.24 bits per heavy atom. The van der Waals surface area contributed by atoms with Gasteiger partial charge >= 0.3 is 5.97 Å². The molecule has 0 heterocycles. The maximum Gasteiger partial charge on any atom is 0.314 e. The summed E-state index contributed by atoms with van der Waals surface area (Å²) in [6.07, 6.45) is 3.23. The molecule has 0 atom stereocenters. The van der Waals surface area contributed by atoms with Crippen LogP contribution >= 0.6 is 0 Å². The maximum absolute atomic E-state index is 11.5. The molecule has 3 nitrogen and oxygen atoms in total. The molecule has 2 N–H and O–H groups in total. The molecule has 0 amide bonds. The Morgan fingerprint density at radius 3 is 2.29 bits per heavy atom. The van der Waals surface area contributed by atoms with Gasteiger partial charge < -0.3 is 10.2 Å². The van der Waals surface area contributed by atoms with Gasteiger partial charge in [0, 0.05) is 0 Å². The third kappa shape index (κ3) is 1.79. The number of rotatable bonds is 2. The summed E-state index contributed by atoms with van der Waals surface area (Å²) in [4.78, 5) is 11.5. The van der Waals surface area contributed by atoms with Gasteiger partial charge in [0.1, 0.15) is 5.75 Å². The second-order valence-electron chi connectivity index (χ2n) is 5.03. The summed E-state index contributed by atoms with van der Waals surface area (Å²) in [6, 6.07) is 3.54. The average molecular weight is 234 g/mol. The zero-order valence-electron chi connectivity index (χ0n) is 10.3. The number of phenolic OH excluding ortho intramolecular Hbond substituents is 1. The molecule has 3 heteroatoms. The van der Waals surface area contributed by atoms with E-state index >= 15 is 0 Å². The minimum absolute atomic E-state index is 0.201. The van der Waals surface area contributed by atoms with Crippen LogP contribution in [0, 0.1) is 13.8 Å². The van der Waals surface area contributed by atoms with E-state index in [4.69, 9.17) is 0 Å². The maximum atomic E-state index is 11.5. The minimum Gasteiger partial charge on any atom is -0.508 e. The molecule has 0 aromatic heterocycles. The third-order valence-electron chi connectivity index (χ3n) is 4.06. The Labute approximate surface area is 101 Å². The normalized spacial score (nSPS) is 18.2. The standard InChI is InChI=1S/C14H18O3/c1-9-7-11(8-12(15)10(9)2)14(13(16)17)5-3-4-6-14/h7-8,15H,3-6H2,1-2H3,(H,16,17). The van der Waals surface area contributed by atoms with Gasteiger partial charge in [-0.05, 0) is 49.4 Å². The number of carboxylic acids is 1. The van der Waals surface area contributed by atoms with Gasteiger partial charge in [-0.15, -0.1) is 0 Å². The second kappa shape index (κ2) is 4.06. The number of aromatic hydroxyl groups is 1. The smallest absolute Gasteiger partial charge is 0.314 e. The van der Waals surface area contributed by atoms with E-state index in [9.17, 15) is 15.0 Å². The highest BCUT2D eigenvalue weighted by atomic mass is 16.4. The first-order chi connectivity index (χ1) is 7.97. The number of carbonyl (C=O) groups is 1. The van der Waals surface area contributed by atoms with E-state index in [0.717, 1.165) is 29.5 Å². The molecular weight excluding hydrogens is 216 g/mol. The SMILES string of the molecule is Cc1cc(C2(C(=O)O)CCCC2)cc(O)c1C. The van der Waals surface area contributed by atoms with Gasteiger partial charge in [0.2, 0.25) is 0 Å². The summed E-state index contributed by atoms with van der Waals surface area (Å²) in [6.45, 7) is 3.75. The van der Waals surface area contributed by atoms with Crippen molar-refractivity contribution < 1.29 is 15.0 Å². The topological polar surface area (TPSA) is 57.5 Å². The van der Waals surface area contributed by atoms with Gasteiger partial charge in [0.15, 0.2) is 0 Å². The first kappa shape index (κ1) is 12.0. The number of aryl methyl sites for hydroxylation is 1. The van der Waals surface area contributed by atoms with Crippen molar-refractivity contribution in [2.45, 2.75) is 44.9 Å². The predicted octanol–water partition coefficient (Wildman–Crippen LogP) is 2.91. The molecule has 0 unspecified atom stereocenters. The van der Waals surface area contributed by atoms with Gasteiger partial charge in [-0.25, -0.2) is 0 Å². The first-order valence-electron chi connectivity index (χ1n) is 6.01. The highest BCUT2D eigenvalue weighted by molar-refractivity contribution is 5.82. The fourth-order valence-electron chi connectivity index (χ4n) is 2.72. The molecule has 0 bridgehead atoms. The van der Waals surface area contributed by atoms with Crippen molar-refractivity contribution >= 4 is 5.97 Å². The molecule has 92 valence electrons. The number of carboxylic acid groups (broad SMARTS) is 1. The van der Waals surface area contributed by atoms with Crippen molar-refractivity contribution in [2.24, 2.45) is 0 Å². The van der Waals surface area contributed by atoms with Gasteiger partial charge in [0.05, 0.1) is 5.41 Å². The van der Waals surface area contributed by atoms with Crippen LogP contribution in [0.5, 0.6) is 5.75 Å². The van der Waals surface area contributed by atoms with Crippen molar-refractivity contribution in [3.05, 3.63) is 28.8 Å². The Hall–Kier alpha value is -1.51. The number of hydrogen-bond acceptors (Lipinski definition) is 2. The van der Waals surface area contributed by atoms with E-state index < -0.39 is 11.4 Å². The van der Waals surface area contributed by atoms with Crippen LogP contribution in [-0.2, 0) is 10.2 Å². The van der Waals surface area contributed by atoms with Crippen LogP contribution in [0.2, 0.25) is 0 Å². The molecule has 0 aliphatic heterocycles. The van der Waals surface area contributed by atoms with E-state index in [1.807, 2.05) is 19.9 Å². The Morgan fingerprint density at radius 2 is 1.82 bits per heavy atom. The lowest BCUT2D eigenvalue weighted by molar-refractivity contribution is -0.143. The summed E-state index contributed by atoms with van der Waals surface area (Å²) in [7, 11) is 0. The van der Waals surface area contributed by atoms with Crippen molar-refractivity contribution in [3.63, 3.8) is 0 Å². The van der Waals surface area contributed by atoms with Crippen LogP contribution in [-0.4, -0.2) is 16.2 Å². The summed E-state index contributed by atoms with van der Waals surface area (Å²) in [5, 5.41) is 19.3. The van der Waals surface area contributed by atoms with Crippen LogP contribution < -0.4 is 0 Å². The molecule has 17 heavy (non-hydrogen) atoms. The van der Waals surface area contributed by atoms with Crippen molar-refractivity contribution in [1.29, 1.82) is 0 Å². The number of hydrogen-bond donors (Lipinski definition) is 2. The zero-order valence-corrected chi connectivity index (χ0v) is 10.3. The highest BCUT2D eigenvalue weighted by Gasteiger charge is 2.43. The predicted molar refractivity (Wildman–Crippen MR) is 65.4 cm³/mol. The molecule has 1 aliphatic rings. The molecule has 1 saturated carbocycles. The molecule has 0 saturated heterocycles.